The molecule has 0 unspecified atom stereocenters. The Bertz CT molecular complexity index is 592. The lowest BCUT2D eigenvalue weighted by atomic mass is 10.3. The van der Waals surface area contributed by atoms with Gasteiger partial charge in [-0.15, -0.1) is 11.3 Å². The second-order valence-corrected chi connectivity index (χ2v) is 6.68. The van der Waals surface area contributed by atoms with Crippen LogP contribution < -0.4 is 5.32 Å². The summed E-state index contributed by atoms with van der Waals surface area (Å²) in [5.41, 5.74) is 2.26. The Morgan fingerprint density at radius 2 is 1.89 bits per heavy atom. The molecular weight excluding hydrogens is 452 g/mol. The largest absolute Gasteiger partial charge is 0.476 e. The van der Waals surface area contributed by atoms with Crippen molar-refractivity contribution in [3.05, 3.63) is 36.8 Å². The van der Waals surface area contributed by atoms with Gasteiger partial charge >= 0.3 is 5.97 Å². The van der Waals surface area contributed by atoms with Crippen LogP contribution in [0.1, 0.15) is 10.5 Å². The van der Waals surface area contributed by atoms with Gasteiger partial charge in [0.05, 0.1) is 11.2 Å². The number of halogens is 3. The number of anilines is 2. The van der Waals surface area contributed by atoms with E-state index in [-0.39, 0.29) is 5.69 Å². The van der Waals surface area contributed by atoms with Crippen LogP contribution in [0.15, 0.2) is 31.1 Å². The standard InChI is InChI=1S/C10H5Br3N2O2S/c11-4-1-5(12)7(6(13)2-4)15-9-8(10(16)17)14-3-18-9/h1-3,15H,(H,16,17). The van der Waals surface area contributed by atoms with Gasteiger partial charge in [0.15, 0.2) is 5.69 Å². The number of carbonyl (C=O) groups is 1. The summed E-state index contributed by atoms with van der Waals surface area (Å²) in [7, 11) is 0. The lowest BCUT2D eigenvalue weighted by molar-refractivity contribution is 0.0692. The van der Waals surface area contributed by atoms with Crippen LogP contribution in [0.5, 0.6) is 0 Å². The molecule has 1 aromatic heterocycles. The molecule has 2 rings (SSSR count). The minimum Gasteiger partial charge on any atom is -0.476 e. The predicted octanol–water partition coefficient (Wildman–Crippen LogP) is 4.87. The fraction of sp³-hybridized carbons (Fsp3) is 0. The number of rotatable bonds is 3. The second-order valence-electron chi connectivity index (χ2n) is 3.20. The van der Waals surface area contributed by atoms with Crippen LogP contribution in [0.3, 0.4) is 0 Å². The molecule has 0 bridgehead atoms. The van der Waals surface area contributed by atoms with Crippen molar-refractivity contribution in [2.24, 2.45) is 0 Å². The van der Waals surface area contributed by atoms with Gasteiger partial charge in [0.1, 0.15) is 5.00 Å². The summed E-state index contributed by atoms with van der Waals surface area (Å²) in [6, 6.07) is 3.74. The van der Waals surface area contributed by atoms with E-state index >= 15 is 0 Å². The maximum atomic E-state index is 11.0. The molecule has 0 amide bonds. The molecule has 0 saturated heterocycles. The number of nitrogens with zero attached hydrogens (tertiary/aromatic N) is 1. The number of hydrogen-bond acceptors (Lipinski definition) is 4. The minimum atomic E-state index is -1.05. The Balaban J connectivity index is 2.40. The zero-order valence-corrected chi connectivity index (χ0v) is 14.2. The molecule has 2 N–H and O–H groups in total. The molecule has 4 nitrogen and oxygen atoms in total. The van der Waals surface area contributed by atoms with Crippen molar-refractivity contribution in [2.75, 3.05) is 5.32 Å². The summed E-state index contributed by atoms with van der Waals surface area (Å²) in [5, 5.41) is 12.5. The van der Waals surface area contributed by atoms with Gasteiger partial charge in [-0.25, -0.2) is 9.78 Å². The highest BCUT2D eigenvalue weighted by Gasteiger charge is 2.16. The van der Waals surface area contributed by atoms with Crippen LogP contribution in [-0.2, 0) is 0 Å². The molecule has 0 aliphatic rings. The van der Waals surface area contributed by atoms with Crippen LogP contribution in [0.25, 0.3) is 0 Å². The molecule has 1 heterocycles. The smallest absolute Gasteiger partial charge is 0.357 e. The number of nitrogens with one attached hydrogen (secondary N) is 1. The number of thiazole rings is 1. The van der Waals surface area contributed by atoms with Gasteiger partial charge in [0.25, 0.3) is 0 Å². The van der Waals surface area contributed by atoms with E-state index in [0.717, 1.165) is 19.1 Å². The Hall–Kier alpha value is -0.440. The number of benzene rings is 1. The fourth-order valence-corrected chi connectivity index (χ4v) is 4.40. The van der Waals surface area contributed by atoms with Gasteiger partial charge in [0.2, 0.25) is 0 Å². The number of carboxylic acids is 1. The molecule has 2 aromatic rings. The quantitative estimate of drug-likeness (QED) is 0.691. The number of carboxylic acid groups (broad SMARTS) is 1. The summed E-state index contributed by atoms with van der Waals surface area (Å²) < 4.78 is 2.54. The van der Waals surface area contributed by atoms with Crippen LogP contribution in [-0.4, -0.2) is 16.1 Å². The molecule has 1 aromatic carbocycles. The average molecular weight is 457 g/mol. The Labute approximate surface area is 132 Å². The molecule has 94 valence electrons. The summed E-state index contributed by atoms with van der Waals surface area (Å²) >= 11 is 11.4. The highest BCUT2D eigenvalue weighted by molar-refractivity contribution is 9.11. The Kier molecular flexibility index (Phi) is 4.41. The van der Waals surface area contributed by atoms with Gasteiger partial charge in [-0.2, -0.15) is 0 Å². The van der Waals surface area contributed by atoms with Crippen molar-refractivity contribution < 1.29 is 9.90 Å². The number of aromatic nitrogens is 1. The van der Waals surface area contributed by atoms with Crippen LogP contribution in [0.4, 0.5) is 10.7 Å². The molecule has 0 atom stereocenters. The van der Waals surface area contributed by atoms with E-state index in [0.29, 0.717) is 5.00 Å². The topological polar surface area (TPSA) is 62.2 Å². The number of aromatic carboxylic acids is 1. The molecular formula is C10H5Br3N2O2S. The third-order valence-electron chi connectivity index (χ3n) is 2.02. The van der Waals surface area contributed by atoms with Crippen molar-refractivity contribution in [3.63, 3.8) is 0 Å². The zero-order valence-electron chi connectivity index (χ0n) is 8.58. The van der Waals surface area contributed by atoms with E-state index < -0.39 is 5.97 Å². The van der Waals surface area contributed by atoms with Crippen LogP contribution in [0, 0.1) is 0 Å². The van der Waals surface area contributed by atoms with Gasteiger partial charge in [-0.05, 0) is 44.0 Å². The normalized spacial score (nSPS) is 10.4. The maximum absolute atomic E-state index is 11.0. The molecule has 0 radical (unpaired) electrons. The summed E-state index contributed by atoms with van der Waals surface area (Å²) in [6.07, 6.45) is 0. The second kappa shape index (κ2) is 5.68. The first-order valence-electron chi connectivity index (χ1n) is 4.57. The van der Waals surface area contributed by atoms with Gasteiger partial charge in [0, 0.05) is 13.4 Å². The monoisotopic (exact) mass is 454 g/mol. The van der Waals surface area contributed by atoms with Crippen LogP contribution >= 0.6 is 59.1 Å². The summed E-state index contributed by atoms with van der Waals surface area (Å²) in [6.45, 7) is 0. The summed E-state index contributed by atoms with van der Waals surface area (Å²) in [5.74, 6) is -1.05. The van der Waals surface area contributed by atoms with Crippen molar-refractivity contribution in [1.82, 2.24) is 4.98 Å². The van der Waals surface area contributed by atoms with Gasteiger partial charge < -0.3 is 10.4 Å². The molecule has 0 spiro atoms. The molecule has 0 aliphatic heterocycles. The molecule has 0 aliphatic carbocycles. The van der Waals surface area contributed by atoms with Gasteiger partial charge in [-0.1, -0.05) is 15.9 Å². The SMILES string of the molecule is O=C(O)c1ncsc1Nc1c(Br)cc(Br)cc1Br. The number of hydrogen-bond donors (Lipinski definition) is 2. The van der Waals surface area contributed by atoms with Crippen molar-refractivity contribution in [1.29, 1.82) is 0 Å². The third-order valence-corrected chi connectivity index (χ3v) is 4.47. The van der Waals surface area contributed by atoms with Crippen LogP contribution in [0.2, 0.25) is 0 Å². The first kappa shape index (κ1) is 14.0. The lowest BCUT2D eigenvalue weighted by Gasteiger charge is -2.10. The zero-order chi connectivity index (χ0) is 13.3. The Morgan fingerprint density at radius 3 is 2.44 bits per heavy atom. The highest BCUT2D eigenvalue weighted by atomic mass is 79.9. The molecule has 0 fully saturated rings. The molecule has 8 heteroatoms. The maximum Gasteiger partial charge on any atom is 0.357 e. The van der Waals surface area contributed by atoms with E-state index in [4.69, 9.17) is 5.11 Å². The van der Waals surface area contributed by atoms with Gasteiger partial charge in [-0.3, -0.25) is 0 Å². The van der Waals surface area contributed by atoms with E-state index in [1.54, 1.807) is 0 Å². The van der Waals surface area contributed by atoms with E-state index in [9.17, 15) is 4.79 Å². The highest BCUT2D eigenvalue weighted by Crippen LogP contribution is 2.37. The van der Waals surface area contributed by atoms with Crippen molar-refractivity contribution in [3.8, 4) is 0 Å². The van der Waals surface area contributed by atoms with Crippen molar-refractivity contribution in [2.45, 2.75) is 0 Å². The summed E-state index contributed by atoms with van der Waals surface area (Å²) in [4.78, 5) is 14.8. The average Bonchev–Trinajstić information content (AvgIpc) is 2.71. The van der Waals surface area contributed by atoms with E-state index in [1.807, 2.05) is 12.1 Å². The Morgan fingerprint density at radius 1 is 1.28 bits per heavy atom. The van der Waals surface area contributed by atoms with Crippen molar-refractivity contribution >= 4 is 75.8 Å². The molecule has 0 saturated carbocycles. The lowest BCUT2D eigenvalue weighted by Crippen LogP contribution is -2.01. The first-order chi connectivity index (χ1) is 8.49. The molecule has 18 heavy (non-hydrogen) atoms. The fourth-order valence-electron chi connectivity index (χ4n) is 1.26. The van der Waals surface area contributed by atoms with E-state index in [1.165, 1.54) is 16.8 Å². The first-order valence-corrected chi connectivity index (χ1v) is 7.83. The third kappa shape index (κ3) is 2.93. The predicted molar refractivity (Wildman–Crippen MR) is 81.9 cm³/mol. The van der Waals surface area contributed by atoms with E-state index in [2.05, 4.69) is 58.1 Å². The minimum absolute atomic E-state index is 0.0155.